The Bertz CT molecular complexity index is 497. The summed E-state index contributed by atoms with van der Waals surface area (Å²) in [5.41, 5.74) is 12.9. The zero-order valence-corrected chi connectivity index (χ0v) is 12.3. The molecule has 0 fully saturated rings. The number of hydrogen-bond acceptors (Lipinski definition) is 3. The number of benzene rings is 1. The lowest BCUT2D eigenvalue weighted by Gasteiger charge is -2.25. The summed E-state index contributed by atoms with van der Waals surface area (Å²) >= 11 is 0. The molecular weight excluding hydrogens is 252 g/mol. The first kappa shape index (κ1) is 14.9. The van der Waals surface area contributed by atoms with E-state index in [1.807, 2.05) is 13.0 Å². The van der Waals surface area contributed by atoms with Crippen molar-refractivity contribution in [3.05, 3.63) is 29.3 Å². The molecule has 2 rings (SSSR count). The van der Waals surface area contributed by atoms with Crippen molar-refractivity contribution < 1.29 is 9.53 Å². The maximum Gasteiger partial charge on any atom is 0.237 e. The molecular formula is C16H24N2O2. The normalized spacial score (nSPS) is 18.8. The zero-order chi connectivity index (χ0) is 14.8. The molecule has 20 heavy (non-hydrogen) atoms. The van der Waals surface area contributed by atoms with E-state index in [2.05, 4.69) is 12.1 Å². The van der Waals surface area contributed by atoms with Crippen LogP contribution in [0.1, 0.15) is 44.2 Å². The van der Waals surface area contributed by atoms with Crippen molar-refractivity contribution in [2.45, 2.75) is 57.6 Å². The van der Waals surface area contributed by atoms with Crippen LogP contribution in [0, 0.1) is 0 Å². The Kier molecular flexibility index (Phi) is 4.33. The highest BCUT2D eigenvalue weighted by molar-refractivity contribution is 5.83. The Hall–Kier alpha value is -1.55. The van der Waals surface area contributed by atoms with Gasteiger partial charge in [0, 0.05) is 6.42 Å². The summed E-state index contributed by atoms with van der Waals surface area (Å²) < 4.78 is 5.88. The summed E-state index contributed by atoms with van der Waals surface area (Å²) in [4.78, 5) is 11.2. The van der Waals surface area contributed by atoms with E-state index in [-0.39, 0.29) is 6.10 Å². The smallest absolute Gasteiger partial charge is 0.237 e. The van der Waals surface area contributed by atoms with Crippen LogP contribution >= 0.6 is 0 Å². The van der Waals surface area contributed by atoms with Crippen molar-refractivity contribution in [1.82, 2.24) is 0 Å². The van der Waals surface area contributed by atoms with Crippen molar-refractivity contribution in [3.8, 4) is 5.75 Å². The highest BCUT2D eigenvalue weighted by atomic mass is 16.5. The number of aryl methyl sites for hydroxylation is 2. The average Bonchev–Trinajstić information content (AvgIpc) is 2.37. The van der Waals surface area contributed by atoms with Crippen LogP contribution in [0.5, 0.6) is 5.75 Å². The first-order chi connectivity index (χ1) is 9.38. The van der Waals surface area contributed by atoms with E-state index in [1.54, 1.807) is 6.92 Å². The molecule has 1 aromatic rings. The fourth-order valence-electron chi connectivity index (χ4n) is 2.75. The van der Waals surface area contributed by atoms with Crippen molar-refractivity contribution in [2.75, 3.05) is 0 Å². The van der Waals surface area contributed by atoms with E-state index >= 15 is 0 Å². The Morgan fingerprint density at radius 1 is 1.35 bits per heavy atom. The molecule has 4 nitrogen and oxygen atoms in total. The van der Waals surface area contributed by atoms with Crippen molar-refractivity contribution in [2.24, 2.45) is 11.5 Å². The SMILES string of the molecule is CC(CC(C)(N)C(N)=O)Oc1ccc2c(c1)CCCC2. The third-order valence-electron chi connectivity index (χ3n) is 3.93. The van der Waals surface area contributed by atoms with Gasteiger partial charge in [0.05, 0.1) is 11.6 Å². The number of carbonyl (C=O) groups is 1. The van der Waals surface area contributed by atoms with Gasteiger partial charge in [-0.1, -0.05) is 6.07 Å². The highest BCUT2D eigenvalue weighted by Crippen LogP contribution is 2.26. The van der Waals surface area contributed by atoms with E-state index in [0.29, 0.717) is 6.42 Å². The molecule has 1 aromatic carbocycles. The van der Waals surface area contributed by atoms with Gasteiger partial charge in [0.15, 0.2) is 0 Å². The number of nitrogens with two attached hydrogens (primary N) is 2. The van der Waals surface area contributed by atoms with Gasteiger partial charge < -0.3 is 16.2 Å². The largest absolute Gasteiger partial charge is 0.491 e. The molecule has 0 saturated heterocycles. The summed E-state index contributed by atoms with van der Waals surface area (Å²) in [5.74, 6) is 0.344. The molecule has 0 aliphatic heterocycles. The van der Waals surface area contributed by atoms with E-state index in [9.17, 15) is 4.79 Å². The number of carbonyl (C=O) groups excluding carboxylic acids is 1. The first-order valence-corrected chi connectivity index (χ1v) is 7.26. The van der Waals surface area contributed by atoms with Crippen LogP contribution in [0.3, 0.4) is 0 Å². The monoisotopic (exact) mass is 276 g/mol. The molecule has 4 N–H and O–H groups in total. The van der Waals surface area contributed by atoms with Gasteiger partial charge in [-0.25, -0.2) is 0 Å². The van der Waals surface area contributed by atoms with Gasteiger partial charge in [0.1, 0.15) is 5.75 Å². The second-order valence-corrected chi connectivity index (χ2v) is 6.05. The molecule has 0 saturated carbocycles. The topological polar surface area (TPSA) is 78.3 Å². The molecule has 2 atom stereocenters. The van der Waals surface area contributed by atoms with E-state index in [4.69, 9.17) is 16.2 Å². The predicted octanol–water partition coefficient (Wildman–Crippen LogP) is 1.93. The zero-order valence-electron chi connectivity index (χ0n) is 12.3. The predicted molar refractivity (Wildman–Crippen MR) is 79.6 cm³/mol. The van der Waals surface area contributed by atoms with Crippen molar-refractivity contribution >= 4 is 5.91 Å². The second-order valence-electron chi connectivity index (χ2n) is 6.05. The molecule has 0 radical (unpaired) electrons. The molecule has 110 valence electrons. The van der Waals surface area contributed by atoms with Crippen LogP contribution in [-0.4, -0.2) is 17.6 Å². The fraction of sp³-hybridized carbons (Fsp3) is 0.562. The van der Waals surface area contributed by atoms with Gasteiger partial charge >= 0.3 is 0 Å². The molecule has 1 amide bonds. The third-order valence-corrected chi connectivity index (χ3v) is 3.93. The molecule has 0 heterocycles. The van der Waals surface area contributed by atoms with Crippen LogP contribution in [0.4, 0.5) is 0 Å². The number of ether oxygens (including phenoxy) is 1. The minimum Gasteiger partial charge on any atom is -0.491 e. The maximum atomic E-state index is 11.2. The molecule has 0 spiro atoms. The quantitative estimate of drug-likeness (QED) is 0.862. The summed E-state index contributed by atoms with van der Waals surface area (Å²) in [5, 5.41) is 0. The summed E-state index contributed by atoms with van der Waals surface area (Å²) in [6.45, 7) is 3.55. The van der Waals surface area contributed by atoms with Gasteiger partial charge in [-0.05, 0) is 62.8 Å². The lowest BCUT2D eigenvalue weighted by Crippen LogP contribution is -2.51. The van der Waals surface area contributed by atoms with E-state index in [1.165, 1.54) is 24.0 Å². The summed E-state index contributed by atoms with van der Waals surface area (Å²) in [7, 11) is 0. The van der Waals surface area contributed by atoms with E-state index in [0.717, 1.165) is 18.6 Å². The summed E-state index contributed by atoms with van der Waals surface area (Å²) in [6, 6.07) is 6.26. The molecule has 0 bridgehead atoms. The van der Waals surface area contributed by atoms with Crippen LogP contribution < -0.4 is 16.2 Å². The molecule has 1 aliphatic rings. The lowest BCUT2D eigenvalue weighted by molar-refractivity contribution is -0.123. The molecule has 4 heteroatoms. The third kappa shape index (κ3) is 3.51. The Labute approximate surface area is 120 Å². The fourth-order valence-corrected chi connectivity index (χ4v) is 2.75. The number of primary amides is 1. The molecule has 2 unspecified atom stereocenters. The Balaban J connectivity index is 2.01. The van der Waals surface area contributed by atoms with Crippen LogP contribution in [-0.2, 0) is 17.6 Å². The van der Waals surface area contributed by atoms with Crippen molar-refractivity contribution in [3.63, 3.8) is 0 Å². The van der Waals surface area contributed by atoms with Crippen LogP contribution in [0.25, 0.3) is 0 Å². The molecule has 1 aliphatic carbocycles. The summed E-state index contributed by atoms with van der Waals surface area (Å²) in [6.07, 6.45) is 5.05. The van der Waals surface area contributed by atoms with E-state index < -0.39 is 11.4 Å². The van der Waals surface area contributed by atoms with Gasteiger partial charge in [0.25, 0.3) is 0 Å². The average molecular weight is 276 g/mol. The van der Waals surface area contributed by atoms with Crippen molar-refractivity contribution in [1.29, 1.82) is 0 Å². The minimum absolute atomic E-state index is 0.154. The van der Waals surface area contributed by atoms with Crippen LogP contribution in [0.2, 0.25) is 0 Å². The Morgan fingerprint density at radius 2 is 2.00 bits per heavy atom. The number of fused-ring (bicyclic) bond motifs is 1. The first-order valence-electron chi connectivity index (χ1n) is 7.26. The number of hydrogen-bond donors (Lipinski definition) is 2. The molecule has 0 aromatic heterocycles. The second kappa shape index (κ2) is 5.83. The minimum atomic E-state index is -1.03. The van der Waals surface area contributed by atoms with Gasteiger partial charge in [0.2, 0.25) is 5.91 Å². The number of amides is 1. The maximum absolute atomic E-state index is 11.2. The Morgan fingerprint density at radius 3 is 2.65 bits per heavy atom. The number of rotatable bonds is 5. The standard InChI is InChI=1S/C16H24N2O2/c1-11(10-16(2,18)15(17)19)20-14-8-7-12-5-3-4-6-13(12)9-14/h7-9,11H,3-6,10,18H2,1-2H3,(H2,17,19). The van der Waals surface area contributed by atoms with Gasteiger partial charge in [-0.2, -0.15) is 0 Å². The highest BCUT2D eigenvalue weighted by Gasteiger charge is 2.28. The van der Waals surface area contributed by atoms with Gasteiger partial charge in [-0.15, -0.1) is 0 Å². The van der Waals surface area contributed by atoms with Gasteiger partial charge in [-0.3, -0.25) is 4.79 Å². The van der Waals surface area contributed by atoms with Crippen LogP contribution in [0.15, 0.2) is 18.2 Å². The lowest BCUT2D eigenvalue weighted by atomic mass is 9.91.